The van der Waals surface area contributed by atoms with Crippen LogP contribution in [0.25, 0.3) is 0 Å². The molecule has 0 bridgehead atoms. The Labute approximate surface area is 118 Å². The summed E-state index contributed by atoms with van der Waals surface area (Å²) in [7, 11) is 3.24. The molecule has 0 atom stereocenters. The molecule has 5 nitrogen and oxygen atoms in total. The van der Waals surface area contributed by atoms with Crippen molar-refractivity contribution in [2.45, 2.75) is 13.3 Å². The summed E-state index contributed by atoms with van der Waals surface area (Å²) in [5.74, 6) is 1.03. The van der Waals surface area contributed by atoms with Crippen molar-refractivity contribution in [3.63, 3.8) is 0 Å². The SMILES string of the molecule is CCCOc1cccc(C(=O)c2c(OC)cnn2C)c1. The van der Waals surface area contributed by atoms with Crippen LogP contribution in [0.3, 0.4) is 0 Å². The minimum Gasteiger partial charge on any atom is -0.494 e. The van der Waals surface area contributed by atoms with Crippen molar-refractivity contribution in [2.24, 2.45) is 7.05 Å². The molecule has 0 saturated carbocycles. The highest BCUT2D eigenvalue weighted by Gasteiger charge is 2.19. The average Bonchev–Trinajstić information content (AvgIpc) is 2.85. The van der Waals surface area contributed by atoms with Gasteiger partial charge in [0, 0.05) is 12.6 Å². The van der Waals surface area contributed by atoms with Crippen LogP contribution in [0.4, 0.5) is 0 Å². The fraction of sp³-hybridized carbons (Fsp3) is 0.333. The smallest absolute Gasteiger partial charge is 0.214 e. The molecule has 0 N–H and O–H groups in total. The fourth-order valence-corrected chi connectivity index (χ4v) is 1.91. The molecule has 0 spiro atoms. The molecule has 1 aromatic heterocycles. The van der Waals surface area contributed by atoms with Gasteiger partial charge in [-0.15, -0.1) is 0 Å². The third-order valence-corrected chi connectivity index (χ3v) is 2.91. The van der Waals surface area contributed by atoms with Crippen LogP contribution in [0, 0.1) is 0 Å². The lowest BCUT2D eigenvalue weighted by molar-refractivity contribution is 0.102. The second-order valence-corrected chi connectivity index (χ2v) is 4.39. The zero-order chi connectivity index (χ0) is 14.5. The summed E-state index contributed by atoms with van der Waals surface area (Å²) < 4.78 is 12.2. The highest BCUT2D eigenvalue weighted by atomic mass is 16.5. The highest BCUT2D eigenvalue weighted by Crippen LogP contribution is 2.22. The third-order valence-electron chi connectivity index (χ3n) is 2.91. The highest BCUT2D eigenvalue weighted by molar-refractivity contribution is 6.09. The largest absolute Gasteiger partial charge is 0.494 e. The Hall–Kier alpha value is -2.30. The van der Waals surface area contributed by atoms with Gasteiger partial charge in [-0.1, -0.05) is 19.1 Å². The Morgan fingerprint density at radius 2 is 2.20 bits per heavy atom. The predicted molar refractivity (Wildman–Crippen MR) is 75.4 cm³/mol. The van der Waals surface area contributed by atoms with Crippen molar-refractivity contribution in [2.75, 3.05) is 13.7 Å². The van der Waals surface area contributed by atoms with Gasteiger partial charge in [-0.2, -0.15) is 5.10 Å². The molecule has 1 aromatic carbocycles. The number of hydrogen-bond donors (Lipinski definition) is 0. The molecule has 0 saturated heterocycles. The van der Waals surface area contributed by atoms with Gasteiger partial charge < -0.3 is 9.47 Å². The minimum atomic E-state index is -0.135. The molecular weight excluding hydrogens is 256 g/mol. The number of aromatic nitrogens is 2. The van der Waals surface area contributed by atoms with E-state index in [9.17, 15) is 4.79 Å². The van der Waals surface area contributed by atoms with E-state index in [1.54, 1.807) is 25.2 Å². The summed E-state index contributed by atoms with van der Waals surface area (Å²) in [6.45, 7) is 2.67. The molecule has 0 unspecified atom stereocenters. The quantitative estimate of drug-likeness (QED) is 0.759. The first-order valence-electron chi connectivity index (χ1n) is 6.51. The van der Waals surface area contributed by atoms with Crippen LogP contribution < -0.4 is 9.47 Å². The van der Waals surface area contributed by atoms with Gasteiger partial charge in [-0.3, -0.25) is 9.48 Å². The molecule has 5 heteroatoms. The lowest BCUT2D eigenvalue weighted by atomic mass is 10.1. The number of ketones is 1. The van der Waals surface area contributed by atoms with Crippen LogP contribution in [0.1, 0.15) is 29.4 Å². The van der Waals surface area contributed by atoms with Crippen LogP contribution >= 0.6 is 0 Å². The van der Waals surface area contributed by atoms with Gasteiger partial charge >= 0.3 is 0 Å². The molecule has 0 fully saturated rings. The summed E-state index contributed by atoms with van der Waals surface area (Å²) in [6.07, 6.45) is 2.46. The first-order chi connectivity index (χ1) is 9.67. The van der Waals surface area contributed by atoms with Crippen molar-refractivity contribution in [1.29, 1.82) is 0 Å². The van der Waals surface area contributed by atoms with E-state index in [2.05, 4.69) is 5.10 Å². The lowest BCUT2D eigenvalue weighted by Crippen LogP contribution is -2.10. The summed E-state index contributed by atoms with van der Waals surface area (Å²) in [4.78, 5) is 12.5. The number of benzene rings is 1. The van der Waals surface area contributed by atoms with Crippen LogP contribution in [0.15, 0.2) is 30.5 Å². The van der Waals surface area contributed by atoms with Crippen molar-refractivity contribution in [3.8, 4) is 11.5 Å². The fourth-order valence-electron chi connectivity index (χ4n) is 1.91. The van der Waals surface area contributed by atoms with Crippen LogP contribution in [-0.2, 0) is 7.05 Å². The maximum atomic E-state index is 12.5. The third kappa shape index (κ3) is 2.82. The van der Waals surface area contributed by atoms with Gasteiger partial charge in [0.2, 0.25) is 5.78 Å². The van der Waals surface area contributed by atoms with E-state index in [-0.39, 0.29) is 5.78 Å². The van der Waals surface area contributed by atoms with Gasteiger partial charge in [0.15, 0.2) is 11.4 Å². The van der Waals surface area contributed by atoms with E-state index in [4.69, 9.17) is 9.47 Å². The molecular formula is C15H18N2O3. The molecule has 106 valence electrons. The second kappa shape index (κ2) is 6.23. The first-order valence-corrected chi connectivity index (χ1v) is 6.51. The molecule has 2 rings (SSSR count). The summed E-state index contributed by atoms with van der Waals surface area (Å²) in [5, 5.41) is 4.05. The number of methoxy groups -OCH3 is 1. The number of carbonyl (C=O) groups is 1. The van der Waals surface area contributed by atoms with Crippen LogP contribution in [0.5, 0.6) is 11.5 Å². The Balaban J connectivity index is 2.31. The van der Waals surface area contributed by atoms with E-state index in [0.29, 0.717) is 29.4 Å². The van der Waals surface area contributed by atoms with E-state index >= 15 is 0 Å². The number of hydrogen-bond acceptors (Lipinski definition) is 4. The molecule has 0 amide bonds. The minimum absolute atomic E-state index is 0.135. The molecule has 0 aliphatic carbocycles. The number of rotatable bonds is 6. The van der Waals surface area contributed by atoms with Crippen LogP contribution in [0.2, 0.25) is 0 Å². The molecule has 0 radical (unpaired) electrons. The van der Waals surface area contributed by atoms with Crippen molar-refractivity contribution < 1.29 is 14.3 Å². The van der Waals surface area contributed by atoms with Crippen molar-refractivity contribution >= 4 is 5.78 Å². The molecule has 0 aliphatic heterocycles. The Kier molecular flexibility index (Phi) is 4.40. The first kappa shape index (κ1) is 14.1. The monoisotopic (exact) mass is 274 g/mol. The normalized spacial score (nSPS) is 10.3. The summed E-state index contributed by atoms with van der Waals surface area (Å²) >= 11 is 0. The second-order valence-electron chi connectivity index (χ2n) is 4.39. The van der Waals surface area contributed by atoms with Gasteiger partial charge in [0.05, 0.1) is 19.9 Å². The topological polar surface area (TPSA) is 53.4 Å². The van der Waals surface area contributed by atoms with Crippen molar-refractivity contribution in [1.82, 2.24) is 9.78 Å². The molecule has 1 heterocycles. The van der Waals surface area contributed by atoms with E-state index < -0.39 is 0 Å². The summed E-state index contributed by atoms with van der Waals surface area (Å²) in [5.41, 5.74) is 0.987. The van der Waals surface area contributed by atoms with E-state index in [1.165, 1.54) is 18.0 Å². The Morgan fingerprint density at radius 3 is 2.90 bits per heavy atom. The zero-order valence-electron chi connectivity index (χ0n) is 11.9. The number of carbonyl (C=O) groups excluding carboxylic acids is 1. The predicted octanol–water partition coefficient (Wildman–Crippen LogP) is 2.45. The standard InChI is InChI=1S/C15H18N2O3/c1-4-8-20-12-7-5-6-11(9-12)15(18)14-13(19-3)10-16-17(14)2/h5-7,9-10H,4,8H2,1-3H3. The number of aryl methyl sites for hydroxylation is 1. The van der Waals surface area contributed by atoms with E-state index in [0.717, 1.165) is 6.42 Å². The summed E-state index contributed by atoms with van der Waals surface area (Å²) in [6, 6.07) is 7.14. The zero-order valence-corrected chi connectivity index (χ0v) is 11.9. The molecule has 2 aromatic rings. The van der Waals surface area contributed by atoms with Crippen molar-refractivity contribution in [3.05, 3.63) is 41.7 Å². The van der Waals surface area contributed by atoms with Gasteiger partial charge in [0.1, 0.15) is 5.75 Å². The Morgan fingerprint density at radius 1 is 1.40 bits per heavy atom. The van der Waals surface area contributed by atoms with E-state index in [1.807, 2.05) is 13.0 Å². The lowest BCUT2D eigenvalue weighted by Gasteiger charge is -2.08. The molecule has 0 aliphatic rings. The van der Waals surface area contributed by atoms with Gasteiger partial charge in [0.25, 0.3) is 0 Å². The average molecular weight is 274 g/mol. The van der Waals surface area contributed by atoms with Gasteiger partial charge in [-0.05, 0) is 18.6 Å². The maximum Gasteiger partial charge on any atom is 0.214 e. The number of ether oxygens (including phenoxy) is 2. The maximum absolute atomic E-state index is 12.5. The van der Waals surface area contributed by atoms with Crippen LogP contribution in [-0.4, -0.2) is 29.3 Å². The Bertz CT molecular complexity index is 605. The number of nitrogens with zero attached hydrogens (tertiary/aromatic N) is 2. The van der Waals surface area contributed by atoms with Gasteiger partial charge in [-0.25, -0.2) is 0 Å². The molecule has 20 heavy (non-hydrogen) atoms.